The van der Waals surface area contributed by atoms with E-state index in [1.54, 1.807) is 12.0 Å². The van der Waals surface area contributed by atoms with Crippen LogP contribution in [0, 0.1) is 5.92 Å². The van der Waals surface area contributed by atoms with Crippen molar-refractivity contribution < 1.29 is 19.1 Å². The fraction of sp³-hybridized carbons (Fsp3) is 0.500. The van der Waals surface area contributed by atoms with Gasteiger partial charge in [0.15, 0.2) is 0 Å². The maximum atomic E-state index is 12.5. The SMILES string of the molecule is COC[C@@H](C)N1C[C@@H](C(=O)Nc2nnc(CCCOc3ccccc3)s2)CC1=O. The molecule has 0 bridgehead atoms. The van der Waals surface area contributed by atoms with E-state index in [2.05, 4.69) is 15.5 Å². The summed E-state index contributed by atoms with van der Waals surface area (Å²) in [6.07, 6.45) is 1.74. The lowest BCUT2D eigenvalue weighted by Gasteiger charge is -2.23. The third kappa shape index (κ3) is 5.98. The van der Waals surface area contributed by atoms with Gasteiger partial charge in [-0.25, -0.2) is 0 Å². The molecule has 0 radical (unpaired) electrons. The second-order valence-corrected chi connectivity index (χ2v) is 8.07. The van der Waals surface area contributed by atoms with Gasteiger partial charge in [-0.15, -0.1) is 10.2 Å². The summed E-state index contributed by atoms with van der Waals surface area (Å²) in [6, 6.07) is 9.61. The number of methoxy groups -OCH3 is 1. The molecule has 156 valence electrons. The number of aromatic nitrogens is 2. The highest BCUT2D eigenvalue weighted by Crippen LogP contribution is 2.23. The van der Waals surface area contributed by atoms with Crippen molar-refractivity contribution in [1.29, 1.82) is 0 Å². The number of anilines is 1. The molecule has 29 heavy (non-hydrogen) atoms. The predicted molar refractivity (Wildman–Crippen MR) is 110 cm³/mol. The highest BCUT2D eigenvalue weighted by Gasteiger charge is 2.36. The molecule has 2 heterocycles. The lowest BCUT2D eigenvalue weighted by molar-refractivity contribution is -0.130. The molecule has 1 aliphatic heterocycles. The molecule has 1 aromatic heterocycles. The molecule has 1 fully saturated rings. The van der Waals surface area contributed by atoms with Gasteiger partial charge in [0.25, 0.3) is 0 Å². The van der Waals surface area contributed by atoms with E-state index in [4.69, 9.17) is 9.47 Å². The first-order chi connectivity index (χ1) is 14.1. The fourth-order valence-corrected chi connectivity index (χ4v) is 3.99. The first-order valence-electron chi connectivity index (χ1n) is 9.66. The molecule has 9 heteroatoms. The zero-order valence-electron chi connectivity index (χ0n) is 16.7. The number of aryl methyl sites for hydroxylation is 1. The second-order valence-electron chi connectivity index (χ2n) is 7.01. The summed E-state index contributed by atoms with van der Waals surface area (Å²) in [5.41, 5.74) is 0. The number of nitrogens with zero attached hydrogens (tertiary/aromatic N) is 3. The third-order valence-electron chi connectivity index (χ3n) is 4.71. The number of rotatable bonds is 10. The number of amides is 2. The lowest BCUT2D eigenvalue weighted by Crippen LogP contribution is -2.38. The Morgan fingerprint density at radius 2 is 2.14 bits per heavy atom. The first kappa shape index (κ1) is 21.2. The smallest absolute Gasteiger partial charge is 0.231 e. The summed E-state index contributed by atoms with van der Waals surface area (Å²) in [5, 5.41) is 12.3. The van der Waals surface area contributed by atoms with Crippen molar-refractivity contribution in [3.8, 4) is 5.75 Å². The van der Waals surface area contributed by atoms with Crippen molar-refractivity contribution in [2.45, 2.75) is 32.2 Å². The number of hydrogen-bond donors (Lipinski definition) is 1. The van der Waals surface area contributed by atoms with Crippen LogP contribution in [0.1, 0.15) is 24.8 Å². The van der Waals surface area contributed by atoms with E-state index in [1.165, 1.54) is 11.3 Å². The maximum Gasteiger partial charge on any atom is 0.231 e. The van der Waals surface area contributed by atoms with Gasteiger partial charge in [0, 0.05) is 26.5 Å². The Balaban J connectivity index is 1.42. The van der Waals surface area contributed by atoms with E-state index >= 15 is 0 Å². The van der Waals surface area contributed by atoms with Gasteiger partial charge < -0.3 is 19.7 Å². The third-order valence-corrected chi connectivity index (χ3v) is 5.61. The number of carbonyl (C=O) groups excluding carboxylic acids is 2. The molecule has 1 aromatic carbocycles. The van der Waals surface area contributed by atoms with E-state index in [1.807, 2.05) is 37.3 Å². The van der Waals surface area contributed by atoms with Crippen molar-refractivity contribution in [2.75, 3.05) is 32.2 Å². The lowest BCUT2D eigenvalue weighted by atomic mass is 10.1. The van der Waals surface area contributed by atoms with Crippen molar-refractivity contribution in [3.05, 3.63) is 35.3 Å². The number of ether oxygens (including phenoxy) is 2. The van der Waals surface area contributed by atoms with Gasteiger partial charge in [-0.2, -0.15) is 0 Å². The van der Waals surface area contributed by atoms with E-state index in [-0.39, 0.29) is 30.2 Å². The Morgan fingerprint density at radius 3 is 2.90 bits per heavy atom. The van der Waals surface area contributed by atoms with Crippen LogP contribution in [0.4, 0.5) is 5.13 Å². The van der Waals surface area contributed by atoms with Gasteiger partial charge in [0.2, 0.25) is 16.9 Å². The topological polar surface area (TPSA) is 93.7 Å². The molecule has 2 atom stereocenters. The average molecular weight is 419 g/mol. The number of likely N-dealkylation sites (tertiary alicyclic amines) is 1. The fourth-order valence-electron chi connectivity index (χ4n) is 3.21. The average Bonchev–Trinajstić information content (AvgIpc) is 3.33. The molecule has 0 unspecified atom stereocenters. The summed E-state index contributed by atoms with van der Waals surface area (Å²) in [6.45, 7) is 3.36. The molecule has 1 saturated heterocycles. The number of carbonyl (C=O) groups is 2. The zero-order chi connectivity index (χ0) is 20.6. The Labute approximate surface area is 174 Å². The van der Waals surface area contributed by atoms with Crippen LogP contribution in [0.5, 0.6) is 5.75 Å². The highest BCUT2D eigenvalue weighted by molar-refractivity contribution is 7.15. The van der Waals surface area contributed by atoms with Crippen molar-refractivity contribution in [2.24, 2.45) is 5.92 Å². The molecule has 0 saturated carbocycles. The normalized spacial score (nSPS) is 17.4. The van der Waals surface area contributed by atoms with Gasteiger partial charge in [-0.1, -0.05) is 29.5 Å². The monoisotopic (exact) mass is 418 g/mol. The minimum absolute atomic E-state index is 0.0222. The van der Waals surface area contributed by atoms with E-state index in [0.29, 0.717) is 24.9 Å². The highest BCUT2D eigenvalue weighted by atomic mass is 32.1. The van der Waals surface area contributed by atoms with Crippen molar-refractivity contribution in [1.82, 2.24) is 15.1 Å². The van der Waals surface area contributed by atoms with Crippen molar-refractivity contribution >= 4 is 28.3 Å². The van der Waals surface area contributed by atoms with E-state index in [0.717, 1.165) is 23.6 Å². The summed E-state index contributed by atoms with van der Waals surface area (Å²) in [4.78, 5) is 26.4. The maximum absolute atomic E-state index is 12.5. The minimum Gasteiger partial charge on any atom is -0.494 e. The predicted octanol–water partition coefficient (Wildman–Crippen LogP) is 2.37. The van der Waals surface area contributed by atoms with E-state index in [9.17, 15) is 9.59 Å². The Morgan fingerprint density at radius 1 is 1.34 bits per heavy atom. The molecular weight excluding hydrogens is 392 g/mol. The molecule has 1 aliphatic rings. The number of nitrogens with one attached hydrogen (secondary N) is 1. The molecule has 2 amide bonds. The Kier molecular flexibility index (Phi) is 7.54. The molecule has 0 aliphatic carbocycles. The van der Waals surface area contributed by atoms with Gasteiger partial charge >= 0.3 is 0 Å². The van der Waals surface area contributed by atoms with Crippen LogP contribution in [0.15, 0.2) is 30.3 Å². The summed E-state index contributed by atoms with van der Waals surface area (Å²) in [7, 11) is 1.60. The number of benzene rings is 1. The first-order valence-corrected chi connectivity index (χ1v) is 10.5. The summed E-state index contributed by atoms with van der Waals surface area (Å²) < 4.78 is 10.8. The number of para-hydroxylation sites is 1. The van der Waals surface area contributed by atoms with E-state index < -0.39 is 0 Å². The second kappa shape index (κ2) is 10.3. The molecule has 8 nitrogen and oxygen atoms in total. The van der Waals surface area contributed by atoms with Gasteiger partial charge in [0.1, 0.15) is 10.8 Å². The molecule has 3 rings (SSSR count). The van der Waals surface area contributed by atoms with Crippen LogP contribution in [0.2, 0.25) is 0 Å². The quantitative estimate of drug-likeness (QED) is 0.596. The van der Waals surface area contributed by atoms with Crippen LogP contribution >= 0.6 is 11.3 Å². The van der Waals surface area contributed by atoms with Crippen LogP contribution in [-0.4, -0.2) is 59.8 Å². The van der Waals surface area contributed by atoms with Gasteiger partial charge in [-0.05, 0) is 25.5 Å². The van der Waals surface area contributed by atoms with Crippen LogP contribution in [0.3, 0.4) is 0 Å². The summed E-state index contributed by atoms with van der Waals surface area (Å²) >= 11 is 1.35. The molecular formula is C20H26N4O4S. The van der Waals surface area contributed by atoms with Crippen LogP contribution in [-0.2, 0) is 20.7 Å². The zero-order valence-corrected chi connectivity index (χ0v) is 17.5. The van der Waals surface area contributed by atoms with Crippen LogP contribution in [0.25, 0.3) is 0 Å². The Bertz CT molecular complexity index is 814. The summed E-state index contributed by atoms with van der Waals surface area (Å²) in [5.74, 6) is 0.248. The molecule has 2 aromatic rings. The molecule has 0 spiro atoms. The number of hydrogen-bond acceptors (Lipinski definition) is 7. The minimum atomic E-state index is -0.381. The van der Waals surface area contributed by atoms with Gasteiger partial charge in [-0.3, -0.25) is 9.59 Å². The van der Waals surface area contributed by atoms with Crippen LogP contribution < -0.4 is 10.1 Å². The standard InChI is InChI=1S/C20H26N4O4S/c1-14(13-27-2)24-12-15(11-18(24)25)19(26)21-20-23-22-17(29-20)9-6-10-28-16-7-4-3-5-8-16/h3-5,7-8,14-15H,6,9-13H2,1-2H3,(H,21,23,26)/t14-,15+/m1/s1. The largest absolute Gasteiger partial charge is 0.494 e. The molecule has 1 N–H and O–H groups in total. The van der Waals surface area contributed by atoms with Crippen molar-refractivity contribution in [3.63, 3.8) is 0 Å². The Hall–Kier alpha value is -2.52. The van der Waals surface area contributed by atoms with Gasteiger partial charge in [0.05, 0.1) is 25.2 Å².